The SMILES string of the molecule is Cc1ccc(/C=c2/sc3nc(=O)c(Cc4ccccc4Cl)c(C)n3c2=O)cc1. The van der Waals surface area contributed by atoms with Crippen LogP contribution in [-0.2, 0) is 6.42 Å². The number of benzene rings is 2. The first-order chi connectivity index (χ1) is 13.4. The van der Waals surface area contributed by atoms with Gasteiger partial charge in [-0.1, -0.05) is 71.0 Å². The van der Waals surface area contributed by atoms with Gasteiger partial charge in [0.2, 0.25) is 4.96 Å². The van der Waals surface area contributed by atoms with Crippen LogP contribution in [-0.4, -0.2) is 9.38 Å². The highest BCUT2D eigenvalue weighted by molar-refractivity contribution is 7.15. The fourth-order valence-electron chi connectivity index (χ4n) is 3.14. The molecule has 0 saturated carbocycles. The van der Waals surface area contributed by atoms with Crippen molar-refractivity contribution in [1.82, 2.24) is 9.38 Å². The van der Waals surface area contributed by atoms with E-state index in [1.807, 2.05) is 55.5 Å². The summed E-state index contributed by atoms with van der Waals surface area (Å²) >= 11 is 7.47. The van der Waals surface area contributed by atoms with E-state index in [2.05, 4.69) is 4.98 Å². The Morgan fingerprint density at radius 2 is 1.79 bits per heavy atom. The van der Waals surface area contributed by atoms with E-state index in [1.165, 1.54) is 15.7 Å². The molecule has 0 amide bonds. The molecule has 0 atom stereocenters. The van der Waals surface area contributed by atoms with Crippen molar-refractivity contribution < 1.29 is 0 Å². The van der Waals surface area contributed by atoms with E-state index in [1.54, 1.807) is 13.0 Å². The Morgan fingerprint density at radius 3 is 2.50 bits per heavy atom. The largest absolute Gasteiger partial charge is 0.277 e. The summed E-state index contributed by atoms with van der Waals surface area (Å²) in [5.74, 6) is 0. The second-order valence-corrected chi connectivity index (χ2v) is 8.11. The van der Waals surface area contributed by atoms with Crippen LogP contribution in [0, 0.1) is 13.8 Å². The molecule has 0 unspecified atom stereocenters. The average molecular weight is 409 g/mol. The number of hydrogen-bond acceptors (Lipinski definition) is 4. The molecule has 0 radical (unpaired) electrons. The molecule has 6 heteroatoms. The van der Waals surface area contributed by atoms with Crippen molar-refractivity contribution in [2.75, 3.05) is 0 Å². The average Bonchev–Trinajstić information content (AvgIpc) is 2.97. The lowest BCUT2D eigenvalue weighted by Gasteiger charge is -2.07. The van der Waals surface area contributed by atoms with E-state index in [0.717, 1.165) is 16.7 Å². The van der Waals surface area contributed by atoms with E-state index in [-0.39, 0.29) is 11.1 Å². The quantitative estimate of drug-likeness (QED) is 0.521. The van der Waals surface area contributed by atoms with Crippen LogP contribution in [0.4, 0.5) is 0 Å². The van der Waals surface area contributed by atoms with Crippen molar-refractivity contribution in [3.8, 4) is 0 Å². The molecular weight excluding hydrogens is 392 g/mol. The standard InChI is InChI=1S/C22H17ClN2O2S/c1-13-7-9-15(10-8-13)11-19-21(27)25-14(2)17(20(26)24-22(25)28-19)12-16-5-3-4-6-18(16)23/h3-11H,12H2,1-2H3/b19-11+. The number of nitrogens with zero attached hydrogens (tertiary/aromatic N) is 2. The lowest BCUT2D eigenvalue weighted by Crippen LogP contribution is -2.27. The second kappa shape index (κ2) is 7.34. The molecule has 0 bridgehead atoms. The molecule has 0 fully saturated rings. The van der Waals surface area contributed by atoms with Crippen molar-refractivity contribution in [3.05, 3.63) is 107 Å². The summed E-state index contributed by atoms with van der Waals surface area (Å²) in [7, 11) is 0. The van der Waals surface area contributed by atoms with Gasteiger partial charge in [0.15, 0.2) is 0 Å². The number of halogens is 1. The maximum atomic E-state index is 13.0. The zero-order chi connectivity index (χ0) is 19.8. The molecule has 0 N–H and O–H groups in total. The summed E-state index contributed by atoms with van der Waals surface area (Å²) in [6.45, 7) is 3.80. The highest BCUT2D eigenvalue weighted by Gasteiger charge is 2.15. The molecule has 0 spiro atoms. The van der Waals surface area contributed by atoms with Gasteiger partial charge in [-0.2, -0.15) is 4.98 Å². The first-order valence-corrected chi connectivity index (χ1v) is 10.0. The van der Waals surface area contributed by atoms with E-state index in [0.29, 0.717) is 32.2 Å². The fourth-order valence-corrected chi connectivity index (χ4v) is 4.35. The molecule has 0 aliphatic carbocycles. The van der Waals surface area contributed by atoms with Crippen LogP contribution < -0.4 is 15.7 Å². The van der Waals surface area contributed by atoms with Gasteiger partial charge in [-0.15, -0.1) is 0 Å². The van der Waals surface area contributed by atoms with Gasteiger partial charge >= 0.3 is 0 Å². The van der Waals surface area contributed by atoms with E-state index in [4.69, 9.17) is 11.6 Å². The van der Waals surface area contributed by atoms with Crippen molar-refractivity contribution in [2.24, 2.45) is 0 Å². The predicted octanol–water partition coefficient (Wildman–Crippen LogP) is 3.52. The summed E-state index contributed by atoms with van der Waals surface area (Å²) in [6, 6.07) is 15.3. The summed E-state index contributed by atoms with van der Waals surface area (Å²) in [4.78, 5) is 30.2. The van der Waals surface area contributed by atoms with Crippen molar-refractivity contribution in [2.45, 2.75) is 20.3 Å². The minimum atomic E-state index is -0.319. The summed E-state index contributed by atoms with van der Waals surface area (Å²) in [6.07, 6.45) is 2.17. The Labute approximate surface area is 170 Å². The Balaban J connectivity index is 1.88. The molecule has 140 valence electrons. The Kier molecular flexibility index (Phi) is 4.87. The number of aryl methyl sites for hydroxylation is 2. The molecule has 0 saturated heterocycles. The molecule has 0 aliphatic heterocycles. The Bertz CT molecular complexity index is 1350. The van der Waals surface area contributed by atoms with E-state index >= 15 is 0 Å². The molecule has 4 rings (SSSR count). The zero-order valence-electron chi connectivity index (χ0n) is 15.4. The maximum Gasteiger partial charge on any atom is 0.277 e. The van der Waals surface area contributed by atoms with E-state index in [9.17, 15) is 9.59 Å². The van der Waals surface area contributed by atoms with Crippen molar-refractivity contribution in [3.63, 3.8) is 0 Å². The van der Waals surface area contributed by atoms with Crippen LogP contribution >= 0.6 is 22.9 Å². The molecule has 2 aromatic heterocycles. The molecule has 2 aromatic carbocycles. The third-order valence-electron chi connectivity index (χ3n) is 4.73. The third kappa shape index (κ3) is 3.39. The topological polar surface area (TPSA) is 51.4 Å². The number of aromatic nitrogens is 2. The molecule has 2 heterocycles. The van der Waals surface area contributed by atoms with Gasteiger partial charge in [0, 0.05) is 22.7 Å². The van der Waals surface area contributed by atoms with Gasteiger partial charge in [-0.25, -0.2) is 0 Å². The first-order valence-electron chi connectivity index (χ1n) is 8.81. The number of fused-ring (bicyclic) bond motifs is 1. The van der Waals surface area contributed by atoms with Gasteiger partial charge in [0.1, 0.15) is 0 Å². The summed E-state index contributed by atoms with van der Waals surface area (Å²) in [5.41, 5.74) is 3.54. The van der Waals surface area contributed by atoms with Crippen LogP contribution in [0.25, 0.3) is 11.0 Å². The minimum Gasteiger partial charge on any atom is -0.267 e. The molecule has 0 aliphatic rings. The molecular formula is C22H17ClN2O2S. The number of rotatable bonds is 3. The van der Waals surface area contributed by atoms with Crippen LogP contribution in [0.15, 0.2) is 58.1 Å². The number of thiazole rings is 1. The van der Waals surface area contributed by atoms with Crippen LogP contribution in [0.3, 0.4) is 0 Å². The highest BCUT2D eigenvalue weighted by atomic mass is 35.5. The first kappa shape index (κ1) is 18.6. The number of hydrogen-bond donors (Lipinski definition) is 0. The normalized spacial score (nSPS) is 12.0. The van der Waals surface area contributed by atoms with Crippen molar-refractivity contribution >= 4 is 34.0 Å². The Morgan fingerprint density at radius 1 is 1.07 bits per heavy atom. The van der Waals surface area contributed by atoms with Crippen LogP contribution in [0.5, 0.6) is 0 Å². The van der Waals surface area contributed by atoms with Crippen LogP contribution in [0.2, 0.25) is 5.02 Å². The molecule has 4 aromatic rings. The third-order valence-corrected chi connectivity index (χ3v) is 6.07. The molecule has 4 nitrogen and oxygen atoms in total. The van der Waals surface area contributed by atoms with Gasteiger partial charge in [0.25, 0.3) is 11.1 Å². The van der Waals surface area contributed by atoms with E-state index < -0.39 is 0 Å². The zero-order valence-corrected chi connectivity index (χ0v) is 17.0. The predicted molar refractivity (Wildman–Crippen MR) is 115 cm³/mol. The highest BCUT2D eigenvalue weighted by Crippen LogP contribution is 2.19. The lowest BCUT2D eigenvalue weighted by atomic mass is 10.1. The van der Waals surface area contributed by atoms with Gasteiger partial charge in [-0.05, 0) is 37.1 Å². The second-order valence-electron chi connectivity index (χ2n) is 6.69. The van der Waals surface area contributed by atoms with Crippen LogP contribution in [0.1, 0.15) is 27.9 Å². The summed E-state index contributed by atoms with van der Waals surface area (Å²) < 4.78 is 2.08. The van der Waals surface area contributed by atoms with Crippen molar-refractivity contribution in [1.29, 1.82) is 0 Å². The lowest BCUT2D eigenvalue weighted by molar-refractivity contribution is 0.940. The monoisotopic (exact) mass is 408 g/mol. The Hall–Kier alpha value is -2.76. The maximum absolute atomic E-state index is 13.0. The van der Waals surface area contributed by atoms with Gasteiger partial charge in [0.05, 0.1) is 4.53 Å². The fraction of sp³-hybridized carbons (Fsp3) is 0.136. The molecule has 28 heavy (non-hydrogen) atoms. The van der Waals surface area contributed by atoms with Gasteiger partial charge < -0.3 is 0 Å². The summed E-state index contributed by atoms with van der Waals surface area (Å²) in [5, 5.41) is 0.590. The minimum absolute atomic E-state index is 0.161. The smallest absolute Gasteiger partial charge is 0.267 e. The van der Waals surface area contributed by atoms with Gasteiger partial charge in [-0.3, -0.25) is 14.0 Å².